The minimum atomic E-state index is 0.635. The second kappa shape index (κ2) is 6.46. The van der Waals surface area contributed by atoms with Crippen molar-refractivity contribution in [1.82, 2.24) is 0 Å². The molecule has 4 rings (SSSR count). The van der Waals surface area contributed by atoms with Gasteiger partial charge in [0.05, 0.1) is 0 Å². The van der Waals surface area contributed by atoms with Crippen LogP contribution in [0.15, 0.2) is 47.5 Å². The zero-order chi connectivity index (χ0) is 17.6. The molecule has 0 amide bonds. The molecule has 2 atom stereocenters. The van der Waals surface area contributed by atoms with Crippen molar-refractivity contribution in [3.63, 3.8) is 0 Å². The number of hydrogen-bond acceptors (Lipinski definition) is 0. The van der Waals surface area contributed by atoms with Crippen molar-refractivity contribution < 1.29 is 0 Å². The Bertz CT molecular complexity index is 811. The van der Waals surface area contributed by atoms with Gasteiger partial charge in [-0.2, -0.15) is 0 Å². The summed E-state index contributed by atoms with van der Waals surface area (Å²) >= 11 is 0. The molecule has 0 aliphatic heterocycles. The molecule has 0 nitrogen and oxygen atoms in total. The molecule has 25 heavy (non-hydrogen) atoms. The molecule has 2 unspecified atom stereocenters. The number of benzene rings is 2. The maximum Gasteiger partial charge on any atom is 0.0397 e. The van der Waals surface area contributed by atoms with E-state index in [4.69, 9.17) is 0 Å². The lowest BCUT2D eigenvalue weighted by Gasteiger charge is -2.18. The van der Waals surface area contributed by atoms with Crippen LogP contribution in [0.25, 0.3) is 12.2 Å². The Hall–Kier alpha value is -1.86. The average molecular weight is 343 g/mol. The first kappa shape index (κ1) is 16.6. The van der Waals surface area contributed by atoms with E-state index in [1.807, 2.05) is 0 Å². The molecule has 0 saturated heterocycles. The fourth-order valence-electron chi connectivity index (χ4n) is 4.47. The summed E-state index contributed by atoms with van der Waals surface area (Å²) in [7, 11) is 1.01. The number of rotatable bonds is 4. The third kappa shape index (κ3) is 2.85. The molecule has 0 aromatic heterocycles. The Labute approximate surface area is 154 Å². The normalized spacial score (nSPS) is 21.0. The van der Waals surface area contributed by atoms with Gasteiger partial charge in [0.2, 0.25) is 0 Å². The Morgan fingerprint density at radius 2 is 1.12 bits per heavy atom. The van der Waals surface area contributed by atoms with Gasteiger partial charge in [-0.3, -0.25) is 0 Å². The van der Waals surface area contributed by atoms with Crippen molar-refractivity contribution in [2.45, 2.75) is 51.6 Å². The molecule has 0 heterocycles. The van der Waals surface area contributed by atoms with Gasteiger partial charge in [-0.25, -0.2) is 0 Å². The van der Waals surface area contributed by atoms with Crippen molar-refractivity contribution >= 4 is 21.7 Å². The van der Waals surface area contributed by atoms with E-state index >= 15 is 0 Å². The van der Waals surface area contributed by atoms with Gasteiger partial charge < -0.3 is 0 Å². The fourth-order valence-corrected chi connectivity index (χ4v) is 6.30. The molecule has 126 valence electrons. The van der Waals surface area contributed by atoms with E-state index in [0.717, 1.165) is 9.52 Å². The summed E-state index contributed by atoms with van der Waals surface area (Å²) in [6, 6.07) is 16.2. The molecule has 2 aromatic rings. The first-order valence-corrected chi connectivity index (χ1v) is 10.7. The van der Waals surface area contributed by atoms with Crippen LogP contribution in [-0.2, 0) is 0 Å². The molecular formula is C24H26Si. The minimum Gasteiger partial charge on any atom is -0.0655 e. The van der Waals surface area contributed by atoms with E-state index in [2.05, 4.69) is 76.2 Å². The highest BCUT2D eigenvalue weighted by Gasteiger charge is 2.26. The highest BCUT2D eigenvalue weighted by atomic mass is 28.2. The number of hydrogen-bond donors (Lipinski definition) is 0. The third-order valence-electron chi connectivity index (χ3n) is 6.01. The molecule has 1 heteroatoms. The highest BCUT2D eigenvalue weighted by molar-refractivity contribution is 6.36. The summed E-state index contributed by atoms with van der Waals surface area (Å²) in [6.07, 6.45) is 4.83. The minimum absolute atomic E-state index is 0.635. The lowest BCUT2D eigenvalue weighted by molar-refractivity contribution is 0.874. The Morgan fingerprint density at radius 1 is 0.680 bits per heavy atom. The zero-order valence-electron chi connectivity index (χ0n) is 15.7. The number of aryl methyl sites for hydroxylation is 2. The quantitative estimate of drug-likeness (QED) is 0.553. The van der Waals surface area contributed by atoms with Crippen LogP contribution in [0, 0.1) is 13.8 Å². The molecular weight excluding hydrogens is 316 g/mol. The molecule has 2 aliphatic carbocycles. The van der Waals surface area contributed by atoms with E-state index < -0.39 is 0 Å². The van der Waals surface area contributed by atoms with Crippen LogP contribution in [0.5, 0.6) is 0 Å². The zero-order valence-corrected chi connectivity index (χ0v) is 16.7. The fraction of sp³-hybridized carbons (Fsp3) is 0.333. The van der Waals surface area contributed by atoms with E-state index in [0.29, 0.717) is 11.8 Å². The van der Waals surface area contributed by atoms with Gasteiger partial charge >= 0.3 is 0 Å². The second-order valence-electron chi connectivity index (χ2n) is 7.70. The van der Waals surface area contributed by atoms with Gasteiger partial charge in [0.15, 0.2) is 0 Å². The van der Waals surface area contributed by atoms with Crippen LogP contribution in [0.1, 0.15) is 59.1 Å². The van der Waals surface area contributed by atoms with Gasteiger partial charge in [-0.05, 0) is 61.1 Å². The lowest BCUT2D eigenvalue weighted by Crippen LogP contribution is -2.06. The standard InChI is InChI=1S/C24H26Si/c1-15-7-5-9-19-21(15)11-17(3)23(19)13-25-14-24-18(4)12-22-16(2)8-6-10-20(22)24/h5-12,23-24H,13-14H2,1-4H3. The topological polar surface area (TPSA) is 0 Å². The van der Waals surface area contributed by atoms with E-state index in [1.165, 1.54) is 34.3 Å². The highest BCUT2D eigenvalue weighted by Crippen LogP contribution is 2.43. The summed E-state index contributed by atoms with van der Waals surface area (Å²) < 4.78 is 0. The van der Waals surface area contributed by atoms with E-state index in [-0.39, 0.29) is 0 Å². The van der Waals surface area contributed by atoms with Gasteiger partial charge in [0.25, 0.3) is 0 Å². The summed E-state index contributed by atoms with van der Waals surface area (Å²) in [5, 5.41) is 0. The van der Waals surface area contributed by atoms with Crippen LogP contribution in [0.3, 0.4) is 0 Å². The van der Waals surface area contributed by atoms with E-state index in [9.17, 15) is 0 Å². The van der Waals surface area contributed by atoms with Crippen LogP contribution in [0.2, 0.25) is 12.1 Å². The van der Waals surface area contributed by atoms with Crippen LogP contribution in [0.4, 0.5) is 0 Å². The summed E-state index contributed by atoms with van der Waals surface area (Å²) in [5.74, 6) is 1.27. The largest absolute Gasteiger partial charge is 0.0655 e. The summed E-state index contributed by atoms with van der Waals surface area (Å²) in [6.45, 7) is 9.10. The number of allylic oxidation sites excluding steroid dienone is 2. The molecule has 0 spiro atoms. The van der Waals surface area contributed by atoms with Crippen molar-refractivity contribution in [3.8, 4) is 0 Å². The van der Waals surface area contributed by atoms with Gasteiger partial charge in [0.1, 0.15) is 0 Å². The van der Waals surface area contributed by atoms with Crippen LogP contribution in [-0.4, -0.2) is 9.52 Å². The maximum absolute atomic E-state index is 2.42. The predicted octanol–water partition coefficient (Wildman–Crippen LogP) is 6.55. The van der Waals surface area contributed by atoms with Crippen LogP contribution < -0.4 is 0 Å². The Kier molecular flexibility index (Phi) is 4.29. The van der Waals surface area contributed by atoms with Gasteiger partial charge in [-0.1, -0.05) is 71.8 Å². The molecule has 0 N–H and O–H groups in total. The van der Waals surface area contributed by atoms with Crippen LogP contribution >= 0.6 is 0 Å². The number of fused-ring (bicyclic) bond motifs is 2. The van der Waals surface area contributed by atoms with Gasteiger partial charge in [0, 0.05) is 21.4 Å². The second-order valence-corrected chi connectivity index (χ2v) is 9.01. The molecule has 2 radical (unpaired) electrons. The van der Waals surface area contributed by atoms with Crippen molar-refractivity contribution in [2.24, 2.45) is 0 Å². The first-order valence-electron chi connectivity index (χ1n) is 9.32. The lowest BCUT2D eigenvalue weighted by atomic mass is 9.96. The average Bonchev–Trinajstić information content (AvgIpc) is 3.08. The summed E-state index contributed by atoms with van der Waals surface area (Å²) in [4.78, 5) is 0. The maximum atomic E-state index is 2.42. The molecule has 2 aliphatic rings. The van der Waals surface area contributed by atoms with Crippen molar-refractivity contribution in [1.29, 1.82) is 0 Å². The third-order valence-corrected chi connectivity index (χ3v) is 7.40. The van der Waals surface area contributed by atoms with Crippen molar-refractivity contribution in [3.05, 3.63) is 80.9 Å². The Balaban J connectivity index is 1.47. The molecule has 0 bridgehead atoms. The monoisotopic (exact) mass is 342 g/mol. The molecule has 2 aromatic carbocycles. The predicted molar refractivity (Wildman–Crippen MR) is 111 cm³/mol. The Morgan fingerprint density at radius 3 is 1.56 bits per heavy atom. The van der Waals surface area contributed by atoms with E-state index in [1.54, 1.807) is 22.3 Å². The molecule has 0 saturated carbocycles. The molecule has 0 fully saturated rings. The smallest absolute Gasteiger partial charge is 0.0397 e. The SMILES string of the molecule is CC1=Cc2c(C)cccc2C1C[Si]CC1C(C)=Cc2c(C)cccc21. The van der Waals surface area contributed by atoms with Crippen molar-refractivity contribution in [2.75, 3.05) is 0 Å². The van der Waals surface area contributed by atoms with Gasteiger partial charge in [-0.15, -0.1) is 0 Å². The first-order chi connectivity index (χ1) is 12.1. The summed E-state index contributed by atoms with van der Waals surface area (Å²) in [5.41, 5.74) is 12.0.